The minimum atomic E-state index is -0.925. The van der Waals surface area contributed by atoms with Crippen LogP contribution < -0.4 is 6.15 Å². The van der Waals surface area contributed by atoms with Crippen LogP contribution in [0.2, 0.25) is 0 Å². The maximum absolute atomic E-state index is 11.9. The number of esters is 2. The summed E-state index contributed by atoms with van der Waals surface area (Å²) < 4.78 is 10.1. The number of ether oxygens (including phenoxy) is 2. The molecule has 0 amide bonds. The van der Waals surface area contributed by atoms with Gasteiger partial charge in [-0.15, -0.1) is 0 Å². The van der Waals surface area contributed by atoms with Crippen LogP contribution in [0.5, 0.6) is 0 Å². The van der Waals surface area contributed by atoms with E-state index in [0.717, 1.165) is 19.3 Å². The molecule has 0 heterocycles. The van der Waals surface area contributed by atoms with Crippen molar-refractivity contribution < 1.29 is 42.7 Å². The summed E-state index contributed by atoms with van der Waals surface area (Å²) in [7, 11) is 0. The van der Waals surface area contributed by atoms with Gasteiger partial charge in [0.15, 0.2) is 6.10 Å². The van der Waals surface area contributed by atoms with Crippen molar-refractivity contribution in [3.05, 3.63) is 0 Å². The van der Waals surface area contributed by atoms with Crippen LogP contribution in [0, 0.1) is 82.9 Å². The van der Waals surface area contributed by atoms with Gasteiger partial charge in [-0.25, -0.2) is 4.79 Å². The predicted octanol–water partition coefficient (Wildman–Crippen LogP) is 7.15. The third-order valence-electron chi connectivity index (χ3n) is 4.61. The third kappa shape index (κ3) is 26.4. The molecule has 0 rings (SSSR count). The third-order valence-corrected chi connectivity index (χ3v) is 4.61. The van der Waals surface area contributed by atoms with Gasteiger partial charge in [-0.2, -0.15) is 0 Å². The lowest BCUT2D eigenvalue weighted by molar-refractivity contribution is -0.159. The summed E-state index contributed by atoms with van der Waals surface area (Å²) in [5, 5.41) is 9.36. The Labute approximate surface area is 248 Å². The lowest BCUT2D eigenvalue weighted by Crippen LogP contribution is -2.28. The topological polar surface area (TPSA) is 108 Å². The van der Waals surface area contributed by atoms with Gasteiger partial charge in [0, 0.05) is 30.9 Å². The Morgan fingerprint density at radius 2 is 1.16 bits per heavy atom. The van der Waals surface area contributed by atoms with Crippen molar-refractivity contribution in [2.24, 2.45) is 0 Å². The second-order valence-corrected chi connectivity index (χ2v) is 7.70. The number of unbranched alkanes of at least 4 members (excludes halogenated alkanes) is 9. The molecule has 0 aromatic carbocycles. The molecule has 6 heteroatoms. The average molecular weight is 542 g/mol. The average Bonchev–Trinajstić information content (AvgIpc) is 2.90. The van der Waals surface area contributed by atoms with E-state index in [0.29, 0.717) is 0 Å². The summed E-state index contributed by atoms with van der Waals surface area (Å²) in [5.41, 5.74) is 0. The van der Waals surface area contributed by atoms with Crippen molar-refractivity contribution in [1.82, 2.24) is 6.15 Å². The molecule has 0 unspecified atom stereocenters. The number of aliphatic hydroxyl groups is 1. The van der Waals surface area contributed by atoms with Crippen LogP contribution in [0.1, 0.15) is 103 Å². The van der Waals surface area contributed by atoms with Gasteiger partial charge in [0.25, 0.3) is 0 Å². The highest BCUT2D eigenvalue weighted by Gasteiger charge is 2.15. The molecule has 0 aromatic heterocycles. The van der Waals surface area contributed by atoms with E-state index in [-0.39, 0.29) is 37.7 Å². The molecule has 0 aromatic rings. The molecule has 0 aliphatic carbocycles. The summed E-state index contributed by atoms with van der Waals surface area (Å²) in [5.74, 6) is 33.0. The van der Waals surface area contributed by atoms with Crippen LogP contribution in [0.15, 0.2) is 0 Å². The lowest BCUT2D eigenvalue weighted by atomic mass is 10.1. The van der Waals surface area contributed by atoms with E-state index in [9.17, 15) is 14.7 Å². The van der Waals surface area contributed by atoms with E-state index in [2.05, 4.69) is 89.8 Å². The molecule has 1 atom stereocenters. The SMILES string of the molecule is CC#CC#CC#CC#CC#CC#CC#CC(=O)OC[C@H](CO)OC(=O)CCCCCCCCCCCC.N.[HH].[HH].[HH].[HH].[HH].[HH].[HH].[HH].[HH].[HH].[HH].[HH].[HH]. The fourth-order valence-corrected chi connectivity index (χ4v) is 2.79. The van der Waals surface area contributed by atoms with Crippen molar-refractivity contribution in [3.8, 4) is 82.9 Å². The smallest absolute Gasteiger partial charge is 0.385 e. The number of carbonyl (C=O) groups excluding carboxylic acids is 2. The maximum atomic E-state index is 11.9. The van der Waals surface area contributed by atoms with E-state index >= 15 is 0 Å². The lowest BCUT2D eigenvalue weighted by Gasteiger charge is -2.14. The fourth-order valence-electron chi connectivity index (χ4n) is 2.79. The van der Waals surface area contributed by atoms with Gasteiger partial charge >= 0.3 is 11.9 Å². The van der Waals surface area contributed by atoms with E-state index in [1.165, 1.54) is 44.9 Å². The minimum Gasteiger partial charge on any atom is -0.456 e. The Hall–Kier alpha value is -4.22. The molecule has 6 nitrogen and oxygen atoms in total. The second kappa shape index (κ2) is 29.0. The summed E-state index contributed by atoms with van der Waals surface area (Å²) in [4.78, 5) is 23.6. The number of aliphatic hydroxyl groups excluding tert-OH is 1. The first kappa shape index (κ1) is 35.9. The zero-order valence-corrected chi connectivity index (χ0v) is 22.6. The van der Waals surface area contributed by atoms with Crippen molar-refractivity contribution in [2.75, 3.05) is 13.2 Å². The van der Waals surface area contributed by atoms with E-state index in [4.69, 9.17) is 9.47 Å². The number of rotatable bonds is 15. The summed E-state index contributed by atoms with van der Waals surface area (Å²) in [6.45, 7) is 3.16. The van der Waals surface area contributed by atoms with Gasteiger partial charge in [0.2, 0.25) is 0 Å². The largest absolute Gasteiger partial charge is 0.456 e. The van der Waals surface area contributed by atoms with Crippen molar-refractivity contribution in [1.29, 1.82) is 0 Å². The quantitative estimate of drug-likeness (QED) is 0.0986. The van der Waals surface area contributed by atoms with E-state index in [1.807, 2.05) is 0 Å². The highest BCUT2D eigenvalue weighted by atomic mass is 16.6. The van der Waals surface area contributed by atoms with Crippen LogP contribution in [0.4, 0.5) is 0 Å². The zero-order valence-electron chi connectivity index (χ0n) is 22.6. The molecule has 0 radical (unpaired) electrons. The first-order valence-corrected chi connectivity index (χ1v) is 12.5. The Morgan fingerprint density at radius 3 is 1.63 bits per heavy atom. The first-order valence-electron chi connectivity index (χ1n) is 12.5. The molecule has 0 spiro atoms. The van der Waals surface area contributed by atoms with Crippen LogP contribution in [-0.2, 0) is 19.1 Å². The Kier molecular flexibility index (Phi) is 27.4. The zero-order chi connectivity index (χ0) is 27.2. The molecule has 0 bridgehead atoms. The molecule has 4 N–H and O–H groups in total. The van der Waals surface area contributed by atoms with Crippen LogP contribution >= 0.6 is 0 Å². The summed E-state index contributed by atoms with van der Waals surface area (Å²) in [6, 6.07) is 0. The van der Waals surface area contributed by atoms with Gasteiger partial charge in [0.1, 0.15) is 6.61 Å². The van der Waals surface area contributed by atoms with Gasteiger partial charge < -0.3 is 20.7 Å². The fraction of sp³-hybridized carbons (Fsp3) is 0.500. The van der Waals surface area contributed by atoms with Crippen molar-refractivity contribution in [2.45, 2.75) is 90.6 Å². The number of hydrogen-bond acceptors (Lipinski definition) is 6. The Balaban J connectivity index is -0.0000000712. The predicted molar refractivity (Wildman–Crippen MR) is 177 cm³/mol. The van der Waals surface area contributed by atoms with Crippen LogP contribution in [-0.4, -0.2) is 36.4 Å². The molecule has 0 aliphatic heterocycles. The van der Waals surface area contributed by atoms with Crippen LogP contribution in [0.25, 0.3) is 0 Å². The molecule has 0 saturated heterocycles. The second-order valence-electron chi connectivity index (χ2n) is 7.70. The van der Waals surface area contributed by atoms with Gasteiger partial charge in [-0.3, -0.25) is 4.79 Å². The normalized spacial score (nSPS) is 8.71. The van der Waals surface area contributed by atoms with Crippen LogP contribution in [0.3, 0.4) is 0 Å². The summed E-state index contributed by atoms with van der Waals surface area (Å²) >= 11 is 0. The molecular formula is C32H63NO5. The van der Waals surface area contributed by atoms with Gasteiger partial charge in [-0.05, 0) is 84.4 Å². The first-order chi connectivity index (χ1) is 18.1. The molecule has 226 valence electrons. The molecule has 0 saturated carbocycles. The number of hydrogen-bond donors (Lipinski definition) is 2. The monoisotopic (exact) mass is 541 g/mol. The maximum Gasteiger partial charge on any atom is 0.385 e. The molecular weight excluding hydrogens is 478 g/mol. The molecule has 38 heavy (non-hydrogen) atoms. The van der Waals surface area contributed by atoms with Crippen molar-refractivity contribution >= 4 is 11.9 Å². The summed E-state index contributed by atoms with van der Waals surface area (Å²) in [6.07, 6.45) is 11.1. The minimum absolute atomic E-state index is 0. The Morgan fingerprint density at radius 1 is 0.711 bits per heavy atom. The van der Waals surface area contributed by atoms with E-state index < -0.39 is 24.6 Å². The van der Waals surface area contributed by atoms with Gasteiger partial charge in [0.05, 0.1) is 6.61 Å². The molecule has 0 fully saturated rings. The Bertz CT molecular complexity index is 1180. The number of carbonyl (C=O) groups is 2. The van der Waals surface area contributed by atoms with E-state index in [1.54, 1.807) is 6.92 Å². The van der Waals surface area contributed by atoms with Crippen molar-refractivity contribution in [3.63, 3.8) is 0 Å². The standard InChI is InChI=1S/C32H34O5.H3N.13H2/c1-3-5-7-9-11-13-15-16-17-19-20-22-24-26-31(34)36-29-30(28-33)37-32(35)27-25-23-21-18-14-12-10-8-6-4-2;;;;;;;;;;;;;;/h30,33H,4,6,8,10,12,14,18,21,23,25,27-29H2,1-2H3;1H3;13*1H/t30-;;;;;;;;;;;;;;/m0............../s1. The molecule has 0 aliphatic rings. The highest BCUT2D eigenvalue weighted by Crippen LogP contribution is 2.11. The highest BCUT2D eigenvalue weighted by molar-refractivity contribution is 5.89. The van der Waals surface area contributed by atoms with Gasteiger partial charge in [-0.1, -0.05) is 70.6 Å².